The molecule has 0 aromatic carbocycles. The van der Waals surface area contributed by atoms with Gasteiger partial charge >= 0.3 is 8.60 Å². The number of rotatable bonds is 5. The molecule has 0 saturated carbocycles. The summed E-state index contributed by atoms with van der Waals surface area (Å²) >= 11 is 0. The van der Waals surface area contributed by atoms with Crippen molar-refractivity contribution in [1.29, 1.82) is 0 Å². The van der Waals surface area contributed by atoms with E-state index in [4.69, 9.17) is 12.9 Å². The van der Waals surface area contributed by atoms with Crippen molar-refractivity contribution in [3.8, 4) is 0 Å². The van der Waals surface area contributed by atoms with Crippen LogP contribution in [0, 0.1) is 0 Å². The van der Waals surface area contributed by atoms with Crippen LogP contribution in [0.1, 0.15) is 0 Å². The average Bonchev–Trinajstić information content (AvgIpc) is 1.79. The quantitative estimate of drug-likeness (QED) is 0.543. The molecule has 0 unspecified atom stereocenters. The molecule has 80 valence electrons. The van der Waals surface area contributed by atoms with E-state index in [-0.39, 0.29) is 0 Å². The third-order valence-electron chi connectivity index (χ3n) is 0.846. The van der Waals surface area contributed by atoms with Crippen molar-refractivity contribution in [1.82, 2.24) is 0 Å². The fourth-order valence-electron chi connectivity index (χ4n) is 0.540. The van der Waals surface area contributed by atoms with Crippen molar-refractivity contribution in [2.45, 2.75) is 39.3 Å². The van der Waals surface area contributed by atoms with Gasteiger partial charge < -0.3 is 12.9 Å². The predicted octanol–water partition coefficient (Wildman–Crippen LogP) is 3.56. The van der Waals surface area contributed by atoms with Gasteiger partial charge in [-0.25, -0.2) is 0 Å². The second kappa shape index (κ2) is 5.00. The Kier molecular flexibility index (Phi) is 5.29. The monoisotopic (exact) mass is 240 g/mol. The molecule has 0 amide bonds. The van der Waals surface area contributed by atoms with E-state index in [0.29, 0.717) is 0 Å². The first kappa shape index (κ1) is 13.7. The normalized spacial score (nSPS) is 13.8. The molecule has 0 fully saturated rings. The summed E-state index contributed by atoms with van der Waals surface area (Å²) in [6.07, 6.45) is 0. The summed E-state index contributed by atoms with van der Waals surface area (Å²) in [5.74, 6) is 0. The van der Waals surface area contributed by atoms with Gasteiger partial charge in [0, 0.05) is 7.11 Å². The Hall–Kier alpha value is 0.744. The van der Waals surface area contributed by atoms with Crippen LogP contribution < -0.4 is 0 Å². The van der Waals surface area contributed by atoms with E-state index < -0.39 is 25.2 Å². The van der Waals surface area contributed by atoms with Crippen molar-refractivity contribution in [2.24, 2.45) is 0 Å². The number of hydrogen-bond acceptors (Lipinski definition) is 3. The van der Waals surface area contributed by atoms with Crippen molar-refractivity contribution < 1.29 is 12.9 Å². The van der Waals surface area contributed by atoms with Crippen molar-refractivity contribution in [3.63, 3.8) is 0 Å². The third-order valence-corrected chi connectivity index (χ3v) is 6.72. The van der Waals surface area contributed by atoms with Crippen LogP contribution in [0.15, 0.2) is 0 Å². The van der Waals surface area contributed by atoms with Crippen molar-refractivity contribution in [2.75, 3.05) is 7.11 Å². The van der Waals surface area contributed by atoms with Crippen LogP contribution in [-0.2, 0) is 12.9 Å². The van der Waals surface area contributed by atoms with Gasteiger partial charge in [-0.1, -0.05) is 0 Å². The highest BCUT2D eigenvalue weighted by molar-refractivity contribution is 7.45. The Morgan fingerprint density at radius 3 is 1.23 bits per heavy atom. The fraction of sp³-hybridized carbons (Fsp3) is 1.00. The first-order valence-electron chi connectivity index (χ1n) is 4.36. The van der Waals surface area contributed by atoms with Gasteiger partial charge in [-0.15, -0.1) is 0 Å². The van der Waals surface area contributed by atoms with E-state index in [2.05, 4.69) is 39.3 Å². The smallest absolute Gasteiger partial charge is 0.310 e. The Morgan fingerprint density at radius 1 is 0.769 bits per heavy atom. The van der Waals surface area contributed by atoms with E-state index in [0.717, 1.165) is 0 Å². The predicted molar refractivity (Wildman–Crippen MR) is 62.8 cm³/mol. The van der Waals surface area contributed by atoms with Gasteiger partial charge in [0.05, 0.1) is 0 Å². The molecule has 0 saturated heterocycles. The van der Waals surface area contributed by atoms with Gasteiger partial charge in [-0.3, -0.25) is 0 Å². The summed E-state index contributed by atoms with van der Waals surface area (Å²) < 4.78 is 16.7. The van der Waals surface area contributed by atoms with E-state index in [1.807, 2.05) is 0 Å². The molecule has 3 nitrogen and oxygen atoms in total. The van der Waals surface area contributed by atoms with E-state index in [1.54, 1.807) is 7.11 Å². The molecule has 0 aliphatic rings. The maximum absolute atomic E-state index is 5.76. The first-order chi connectivity index (χ1) is 5.64. The van der Waals surface area contributed by atoms with Crippen LogP contribution >= 0.6 is 8.60 Å². The summed E-state index contributed by atoms with van der Waals surface area (Å²) in [7, 11) is -2.55. The van der Waals surface area contributed by atoms with Crippen LogP contribution in [0.2, 0.25) is 39.3 Å². The van der Waals surface area contributed by atoms with Gasteiger partial charge in [0.15, 0.2) is 16.6 Å². The SMILES string of the molecule is COP(O[Si](C)(C)C)O[Si](C)(C)C. The molecule has 0 rings (SSSR count). The maximum atomic E-state index is 5.76. The standard InChI is InChI=1S/C7H21O3PSi2/c1-8-11(9-12(2,3)4)10-13(5,6)7/h1-7H3. The summed E-state index contributed by atoms with van der Waals surface area (Å²) in [4.78, 5) is 0. The molecule has 0 bridgehead atoms. The zero-order chi connectivity index (χ0) is 10.7. The molecule has 0 atom stereocenters. The molecular weight excluding hydrogens is 219 g/mol. The van der Waals surface area contributed by atoms with Crippen LogP contribution in [0.3, 0.4) is 0 Å². The highest BCUT2D eigenvalue weighted by atomic mass is 31.2. The van der Waals surface area contributed by atoms with E-state index in [1.165, 1.54) is 0 Å². The van der Waals surface area contributed by atoms with Gasteiger partial charge in [0.25, 0.3) is 0 Å². The van der Waals surface area contributed by atoms with Gasteiger partial charge in [0.1, 0.15) is 0 Å². The topological polar surface area (TPSA) is 27.7 Å². The zero-order valence-electron chi connectivity index (χ0n) is 9.67. The van der Waals surface area contributed by atoms with Crippen LogP contribution in [0.5, 0.6) is 0 Å². The summed E-state index contributed by atoms with van der Waals surface area (Å²) in [5.41, 5.74) is 0. The second-order valence-corrected chi connectivity index (χ2v) is 15.5. The molecule has 13 heavy (non-hydrogen) atoms. The third kappa shape index (κ3) is 9.06. The molecule has 0 aliphatic heterocycles. The lowest BCUT2D eigenvalue weighted by Crippen LogP contribution is -2.28. The van der Waals surface area contributed by atoms with Gasteiger partial charge in [-0.05, 0) is 39.3 Å². The lowest BCUT2D eigenvalue weighted by Gasteiger charge is -2.28. The van der Waals surface area contributed by atoms with Gasteiger partial charge in [-0.2, -0.15) is 0 Å². The minimum absolute atomic E-state index is 1.11. The largest absolute Gasteiger partial charge is 0.355 e. The van der Waals surface area contributed by atoms with Crippen molar-refractivity contribution in [3.05, 3.63) is 0 Å². The Balaban J connectivity index is 4.05. The molecule has 0 aliphatic carbocycles. The zero-order valence-corrected chi connectivity index (χ0v) is 12.6. The molecule has 0 heterocycles. The Morgan fingerprint density at radius 2 is 1.08 bits per heavy atom. The highest BCUT2D eigenvalue weighted by Crippen LogP contribution is 2.44. The molecule has 0 spiro atoms. The summed E-state index contributed by atoms with van der Waals surface area (Å²) in [5, 5.41) is 0. The van der Waals surface area contributed by atoms with Crippen LogP contribution in [0.25, 0.3) is 0 Å². The Bertz CT molecular complexity index is 137. The van der Waals surface area contributed by atoms with E-state index >= 15 is 0 Å². The second-order valence-electron chi connectivity index (χ2n) is 4.81. The lowest BCUT2D eigenvalue weighted by molar-refractivity contribution is 0.320. The van der Waals surface area contributed by atoms with Crippen LogP contribution in [0.4, 0.5) is 0 Å². The molecular formula is C7H21O3PSi2. The molecule has 0 aromatic rings. The maximum Gasteiger partial charge on any atom is 0.310 e. The molecule has 6 heteroatoms. The van der Waals surface area contributed by atoms with Crippen molar-refractivity contribution >= 4 is 25.2 Å². The lowest BCUT2D eigenvalue weighted by atomic mass is 11.8. The summed E-state index contributed by atoms with van der Waals surface area (Å²) in [6, 6.07) is 0. The summed E-state index contributed by atoms with van der Waals surface area (Å²) in [6.45, 7) is 12.8. The molecule has 0 aromatic heterocycles. The minimum Gasteiger partial charge on any atom is -0.355 e. The average molecular weight is 240 g/mol. The first-order valence-corrected chi connectivity index (χ1v) is 12.3. The molecule has 0 radical (unpaired) electrons. The fourth-order valence-corrected chi connectivity index (χ4v) is 5.20. The molecule has 0 N–H and O–H groups in total. The number of hydrogen-bond donors (Lipinski definition) is 0. The van der Waals surface area contributed by atoms with E-state index in [9.17, 15) is 0 Å². The highest BCUT2D eigenvalue weighted by Gasteiger charge is 2.28. The van der Waals surface area contributed by atoms with Crippen LogP contribution in [-0.4, -0.2) is 23.7 Å². The Labute approximate surface area is 85.0 Å². The van der Waals surface area contributed by atoms with Gasteiger partial charge in [0.2, 0.25) is 0 Å². The minimum atomic E-state index is -1.54.